The van der Waals surface area contributed by atoms with Gasteiger partial charge in [-0.05, 0) is 31.4 Å². The highest BCUT2D eigenvalue weighted by atomic mass is 32.2. The molecule has 0 saturated carbocycles. The smallest absolute Gasteiger partial charge is 0.251 e. The van der Waals surface area contributed by atoms with Crippen LogP contribution in [0.4, 0.5) is 0 Å². The van der Waals surface area contributed by atoms with Crippen LogP contribution in [0, 0.1) is 11.8 Å². The Hall–Kier alpha value is -1.44. The van der Waals surface area contributed by atoms with Gasteiger partial charge in [0.1, 0.15) is 6.61 Å². The van der Waals surface area contributed by atoms with Crippen molar-refractivity contribution in [1.82, 2.24) is 5.32 Å². The molecular weight excluding hydrogens is 246 g/mol. The van der Waals surface area contributed by atoms with Crippen molar-refractivity contribution in [2.75, 3.05) is 18.6 Å². The molecule has 0 radical (unpaired) electrons. The number of rotatable bonds is 4. The SMILES string of the molecule is CSCC(C)NC(=O)c1cccc(C#CCO)c1. The molecule has 0 aliphatic heterocycles. The zero-order valence-electron chi connectivity index (χ0n) is 10.6. The minimum Gasteiger partial charge on any atom is -0.384 e. The van der Waals surface area contributed by atoms with Crippen molar-refractivity contribution in [2.45, 2.75) is 13.0 Å². The van der Waals surface area contributed by atoms with Gasteiger partial charge in [-0.15, -0.1) is 0 Å². The van der Waals surface area contributed by atoms with Crippen molar-refractivity contribution >= 4 is 17.7 Å². The summed E-state index contributed by atoms with van der Waals surface area (Å²) in [5.74, 6) is 6.14. The largest absolute Gasteiger partial charge is 0.384 e. The van der Waals surface area contributed by atoms with Crippen molar-refractivity contribution < 1.29 is 9.90 Å². The van der Waals surface area contributed by atoms with Gasteiger partial charge in [0.15, 0.2) is 0 Å². The minimum absolute atomic E-state index is 0.0933. The minimum atomic E-state index is -0.179. The van der Waals surface area contributed by atoms with Crippen LogP contribution in [0.15, 0.2) is 24.3 Å². The molecule has 0 bridgehead atoms. The monoisotopic (exact) mass is 263 g/mol. The van der Waals surface area contributed by atoms with Gasteiger partial charge in [-0.3, -0.25) is 4.79 Å². The topological polar surface area (TPSA) is 49.3 Å². The lowest BCUT2D eigenvalue weighted by molar-refractivity contribution is 0.0943. The third kappa shape index (κ3) is 4.82. The molecule has 0 fully saturated rings. The first kappa shape index (κ1) is 14.6. The van der Waals surface area contributed by atoms with Crippen LogP contribution in [0.1, 0.15) is 22.8 Å². The fourth-order valence-corrected chi connectivity index (χ4v) is 2.06. The standard InChI is InChI=1S/C14H17NO2S/c1-11(10-18-2)15-14(17)13-7-3-5-12(9-13)6-4-8-16/h3,5,7,9,11,16H,8,10H2,1-2H3,(H,15,17). The van der Waals surface area contributed by atoms with Gasteiger partial charge in [0.25, 0.3) is 5.91 Å². The van der Waals surface area contributed by atoms with Crippen LogP contribution in [-0.4, -0.2) is 35.7 Å². The first-order chi connectivity index (χ1) is 8.67. The Kier molecular flexibility index (Phi) is 6.34. The molecular formula is C14H17NO2S. The number of carbonyl (C=O) groups excluding carboxylic acids is 1. The van der Waals surface area contributed by atoms with E-state index in [9.17, 15) is 4.79 Å². The van der Waals surface area contributed by atoms with Crippen LogP contribution in [0.3, 0.4) is 0 Å². The zero-order valence-corrected chi connectivity index (χ0v) is 11.4. The lowest BCUT2D eigenvalue weighted by Gasteiger charge is -2.12. The lowest BCUT2D eigenvalue weighted by Crippen LogP contribution is -2.34. The van der Waals surface area contributed by atoms with Crippen LogP contribution in [0.5, 0.6) is 0 Å². The fraction of sp³-hybridized carbons (Fsp3) is 0.357. The second-order valence-electron chi connectivity index (χ2n) is 3.87. The Morgan fingerprint density at radius 1 is 1.56 bits per heavy atom. The van der Waals surface area contributed by atoms with Crippen molar-refractivity contribution in [3.05, 3.63) is 35.4 Å². The molecule has 0 aromatic heterocycles. The van der Waals surface area contributed by atoms with Crippen molar-refractivity contribution in [3.8, 4) is 11.8 Å². The van der Waals surface area contributed by atoms with E-state index in [0.29, 0.717) is 5.56 Å². The van der Waals surface area contributed by atoms with E-state index in [1.54, 1.807) is 30.0 Å². The molecule has 3 nitrogen and oxygen atoms in total. The summed E-state index contributed by atoms with van der Waals surface area (Å²) in [5, 5.41) is 11.6. The fourth-order valence-electron chi connectivity index (χ4n) is 1.48. The summed E-state index contributed by atoms with van der Waals surface area (Å²) in [4.78, 5) is 11.9. The van der Waals surface area contributed by atoms with Crippen LogP contribution >= 0.6 is 11.8 Å². The normalized spacial score (nSPS) is 11.3. The number of nitrogens with one attached hydrogen (secondary N) is 1. The second kappa shape index (κ2) is 7.80. The molecule has 1 aromatic carbocycles. The van der Waals surface area contributed by atoms with E-state index >= 15 is 0 Å². The molecule has 0 heterocycles. The summed E-state index contributed by atoms with van der Waals surface area (Å²) >= 11 is 1.70. The van der Waals surface area contributed by atoms with E-state index in [4.69, 9.17) is 5.11 Å². The highest BCUT2D eigenvalue weighted by Crippen LogP contribution is 2.05. The molecule has 0 spiro atoms. The van der Waals surface area contributed by atoms with E-state index in [1.807, 2.05) is 19.2 Å². The molecule has 0 aliphatic carbocycles. The van der Waals surface area contributed by atoms with Gasteiger partial charge in [-0.1, -0.05) is 17.9 Å². The number of aliphatic hydroxyl groups excluding tert-OH is 1. The van der Waals surface area contributed by atoms with E-state index in [-0.39, 0.29) is 18.6 Å². The van der Waals surface area contributed by atoms with E-state index in [0.717, 1.165) is 11.3 Å². The zero-order chi connectivity index (χ0) is 13.4. The summed E-state index contributed by atoms with van der Waals surface area (Å²) in [5.41, 5.74) is 1.32. The predicted octanol–water partition coefficient (Wildman–Crippen LogP) is 1.51. The van der Waals surface area contributed by atoms with Gasteiger partial charge in [-0.2, -0.15) is 11.8 Å². The lowest BCUT2D eigenvalue weighted by atomic mass is 10.1. The Bertz CT molecular complexity index is 462. The maximum Gasteiger partial charge on any atom is 0.251 e. The van der Waals surface area contributed by atoms with Crippen LogP contribution < -0.4 is 5.32 Å². The number of benzene rings is 1. The third-order valence-electron chi connectivity index (χ3n) is 2.23. The molecule has 0 aliphatic rings. The van der Waals surface area contributed by atoms with Crippen LogP contribution in [0.2, 0.25) is 0 Å². The summed E-state index contributed by atoms with van der Waals surface area (Å²) < 4.78 is 0. The summed E-state index contributed by atoms with van der Waals surface area (Å²) in [6, 6.07) is 7.22. The number of amides is 1. The average molecular weight is 263 g/mol. The first-order valence-electron chi connectivity index (χ1n) is 5.67. The third-order valence-corrected chi connectivity index (χ3v) is 3.06. The number of thioether (sulfide) groups is 1. The molecule has 1 rings (SSSR count). The maximum atomic E-state index is 11.9. The van der Waals surface area contributed by atoms with Gasteiger partial charge >= 0.3 is 0 Å². The Balaban J connectivity index is 2.74. The molecule has 1 aromatic rings. The van der Waals surface area contributed by atoms with Gasteiger partial charge in [0.2, 0.25) is 0 Å². The summed E-state index contributed by atoms with van der Waals surface area (Å²) in [6.07, 6.45) is 2.01. The van der Waals surface area contributed by atoms with Crippen LogP contribution in [0.25, 0.3) is 0 Å². The highest BCUT2D eigenvalue weighted by molar-refractivity contribution is 7.98. The van der Waals surface area contributed by atoms with Crippen molar-refractivity contribution in [3.63, 3.8) is 0 Å². The Labute approximate surface area is 112 Å². The molecule has 1 amide bonds. The quantitative estimate of drug-likeness (QED) is 0.810. The van der Waals surface area contributed by atoms with E-state index < -0.39 is 0 Å². The Morgan fingerprint density at radius 2 is 2.33 bits per heavy atom. The molecule has 2 N–H and O–H groups in total. The molecule has 4 heteroatoms. The van der Waals surface area contributed by atoms with Gasteiger partial charge < -0.3 is 10.4 Å². The summed E-state index contributed by atoms with van der Waals surface area (Å²) in [6.45, 7) is 1.80. The average Bonchev–Trinajstić information content (AvgIpc) is 2.37. The molecule has 96 valence electrons. The van der Waals surface area contributed by atoms with E-state index in [2.05, 4.69) is 17.2 Å². The number of carbonyl (C=O) groups is 1. The van der Waals surface area contributed by atoms with Gasteiger partial charge in [0.05, 0.1) is 0 Å². The van der Waals surface area contributed by atoms with Gasteiger partial charge in [0, 0.05) is 22.9 Å². The second-order valence-corrected chi connectivity index (χ2v) is 4.78. The molecule has 18 heavy (non-hydrogen) atoms. The number of hydrogen-bond acceptors (Lipinski definition) is 3. The summed E-state index contributed by atoms with van der Waals surface area (Å²) in [7, 11) is 0. The van der Waals surface area contributed by atoms with E-state index in [1.165, 1.54) is 0 Å². The molecule has 1 unspecified atom stereocenters. The predicted molar refractivity (Wildman–Crippen MR) is 75.7 cm³/mol. The van der Waals surface area contributed by atoms with Crippen molar-refractivity contribution in [1.29, 1.82) is 0 Å². The Morgan fingerprint density at radius 3 is 3.00 bits per heavy atom. The molecule has 0 saturated heterocycles. The molecule has 1 atom stereocenters. The maximum absolute atomic E-state index is 11.9. The van der Waals surface area contributed by atoms with Crippen LogP contribution in [-0.2, 0) is 0 Å². The first-order valence-corrected chi connectivity index (χ1v) is 7.06. The van der Waals surface area contributed by atoms with Crippen molar-refractivity contribution in [2.24, 2.45) is 0 Å². The number of aliphatic hydroxyl groups is 1. The van der Waals surface area contributed by atoms with Gasteiger partial charge in [-0.25, -0.2) is 0 Å². The highest BCUT2D eigenvalue weighted by Gasteiger charge is 2.09. The number of hydrogen-bond donors (Lipinski definition) is 2.